The second-order valence-electron chi connectivity index (χ2n) is 7.36. The van der Waals surface area contributed by atoms with Crippen LogP contribution in [0.15, 0.2) is 115 Å². The molecule has 0 saturated heterocycles. The molecule has 2 aliphatic carbocycles. The van der Waals surface area contributed by atoms with Crippen LogP contribution in [-0.4, -0.2) is 7.25 Å². The van der Waals surface area contributed by atoms with Gasteiger partial charge in [-0.1, -0.05) is 91.0 Å². The first kappa shape index (κ1) is 34.2. The maximum absolute atomic E-state index is 9.75. The molecule has 0 radical (unpaired) electrons. The fourth-order valence-electron chi connectivity index (χ4n) is 3.33. The van der Waals surface area contributed by atoms with Gasteiger partial charge in [-0.25, -0.2) is 0 Å². The van der Waals surface area contributed by atoms with Gasteiger partial charge in [0.1, 0.15) is 0 Å². The zero-order chi connectivity index (χ0) is 26.8. The minimum Gasteiger partial charge on any atom is -0.0622 e. The standard InChI is InChI=1S/C18H15P.C8H9.2CO.BF4.Fe/c1-4-10-16(11-5-1)19(17-12-6-2-7-13-17)18-14-8-3-9-15-18;1-2-4-7-6-8(7)5-3-1;2*1-2;2-1(3,4)5;/h1-15H;1-5,7-8H,6H2;;;;/q;+1;;;-1;/t;7-,8+;;;;. The molecule has 5 rings (SSSR count). The van der Waals surface area contributed by atoms with E-state index in [2.05, 4.69) is 135 Å². The van der Waals surface area contributed by atoms with E-state index in [4.69, 9.17) is 9.30 Å². The van der Waals surface area contributed by atoms with Crippen molar-refractivity contribution < 1.29 is 43.6 Å². The molecule has 2 nitrogen and oxygen atoms in total. The van der Waals surface area contributed by atoms with Crippen LogP contribution in [0.2, 0.25) is 0 Å². The fourth-order valence-corrected chi connectivity index (χ4v) is 5.64. The van der Waals surface area contributed by atoms with E-state index in [0.717, 1.165) is 11.8 Å². The van der Waals surface area contributed by atoms with Crippen molar-refractivity contribution in [1.29, 1.82) is 0 Å². The van der Waals surface area contributed by atoms with E-state index >= 15 is 0 Å². The minimum absolute atomic E-state index is 0. The van der Waals surface area contributed by atoms with Crippen LogP contribution >= 0.6 is 7.92 Å². The van der Waals surface area contributed by atoms with Gasteiger partial charge in [0.15, 0.2) is 0 Å². The van der Waals surface area contributed by atoms with E-state index in [1.165, 1.54) is 22.3 Å². The summed E-state index contributed by atoms with van der Waals surface area (Å²) in [6.45, 7) is 9.00. The third kappa shape index (κ3) is 14.5. The van der Waals surface area contributed by atoms with Gasteiger partial charge in [0.25, 0.3) is 0 Å². The molecule has 2 aliphatic rings. The Morgan fingerprint density at radius 1 is 0.622 bits per heavy atom. The van der Waals surface area contributed by atoms with Crippen LogP contribution in [0, 0.1) is 31.6 Å². The van der Waals surface area contributed by atoms with E-state index in [9.17, 15) is 17.3 Å². The van der Waals surface area contributed by atoms with Crippen LogP contribution in [-0.2, 0) is 26.4 Å². The van der Waals surface area contributed by atoms with E-state index < -0.39 is 15.2 Å². The number of benzene rings is 3. The second-order valence-corrected chi connectivity index (χ2v) is 9.58. The smallest absolute Gasteiger partial charge is 0 e. The topological polar surface area (TPSA) is 39.8 Å². The second kappa shape index (κ2) is 19.4. The van der Waals surface area contributed by atoms with Crippen LogP contribution in [0.1, 0.15) is 6.42 Å². The van der Waals surface area contributed by atoms with Gasteiger partial charge < -0.3 is 17.3 Å². The van der Waals surface area contributed by atoms with Crippen LogP contribution in [0.3, 0.4) is 0 Å². The molecule has 1 saturated carbocycles. The van der Waals surface area contributed by atoms with Crippen molar-refractivity contribution in [1.82, 2.24) is 0 Å². The van der Waals surface area contributed by atoms with Gasteiger partial charge >= 0.3 is 29.9 Å². The van der Waals surface area contributed by atoms with Crippen molar-refractivity contribution in [3.63, 3.8) is 0 Å². The third-order valence-electron chi connectivity index (χ3n) is 4.87. The molecule has 3 aromatic carbocycles. The predicted molar refractivity (Wildman–Crippen MR) is 137 cm³/mol. The molecule has 0 aliphatic heterocycles. The molecule has 0 unspecified atom stereocenters. The van der Waals surface area contributed by atoms with Crippen molar-refractivity contribution in [2.75, 3.05) is 0 Å². The van der Waals surface area contributed by atoms with Crippen molar-refractivity contribution in [2.45, 2.75) is 6.42 Å². The summed E-state index contributed by atoms with van der Waals surface area (Å²) >= 11 is 0. The Bertz CT molecular complexity index is 970. The van der Waals surface area contributed by atoms with Crippen molar-refractivity contribution in [3.05, 3.63) is 135 Å². The predicted octanol–water partition coefficient (Wildman–Crippen LogP) is 6.62. The molecule has 2 atom stereocenters. The van der Waals surface area contributed by atoms with Crippen molar-refractivity contribution in [3.8, 4) is 0 Å². The maximum Gasteiger partial charge on any atom is 0 e. The molecule has 37 heavy (non-hydrogen) atoms. The molecular formula is C28H24BF4FeO2P. The molecule has 1 fully saturated rings. The zero-order valence-corrected chi connectivity index (χ0v) is 21.6. The average molecular weight is 566 g/mol. The third-order valence-corrected chi connectivity index (χ3v) is 7.32. The largest absolute Gasteiger partial charge is 0.0622 e. The SMILES string of the molecule is C1=C[C@@H]2C[C@@H]2C=C[CH+]1.F[B-](F)(F)F.[C-]#[O+].[C-]#[O+].[Fe].c1ccc(P(c2ccccc2)c2ccccc2)cc1. The van der Waals surface area contributed by atoms with Gasteiger partial charge in [0.05, 0.1) is 0 Å². The monoisotopic (exact) mass is 566 g/mol. The number of allylic oxidation sites excluding steroid dienone is 4. The summed E-state index contributed by atoms with van der Waals surface area (Å²) in [4.78, 5) is 0. The number of rotatable bonds is 3. The molecule has 0 spiro atoms. The number of fused-ring (bicyclic) bond motifs is 1. The zero-order valence-electron chi connectivity index (χ0n) is 19.6. The maximum atomic E-state index is 9.75. The average Bonchev–Trinajstić information content (AvgIpc) is 3.68. The van der Waals surface area contributed by atoms with Crippen molar-refractivity contribution >= 4 is 31.1 Å². The molecular weight excluding hydrogens is 542 g/mol. The number of hydrogen-bond acceptors (Lipinski definition) is 0. The van der Waals surface area contributed by atoms with Crippen LogP contribution in [0.5, 0.6) is 0 Å². The molecule has 0 aromatic heterocycles. The Kier molecular flexibility index (Phi) is 17.9. The molecule has 0 amide bonds. The van der Waals surface area contributed by atoms with E-state index in [1.54, 1.807) is 0 Å². The molecule has 0 bridgehead atoms. The molecule has 9 heteroatoms. The quantitative estimate of drug-likeness (QED) is 0.113. The fraction of sp³-hybridized carbons (Fsp3) is 0.107. The Hall–Kier alpha value is -2.78. The number of hydrogen-bond donors (Lipinski definition) is 0. The summed E-state index contributed by atoms with van der Waals surface area (Å²) in [7, 11) is -6.45. The first-order valence-corrected chi connectivity index (χ1v) is 12.2. The van der Waals surface area contributed by atoms with E-state index in [0.29, 0.717) is 0 Å². The summed E-state index contributed by atoms with van der Waals surface area (Å²) in [6, 6.07) is 32.3. The normalized spacial score (nSPS) is 15.8. The Morgan fingerprint density at radius 3 is 1.16 bits per heavy atom. The Morgan fingerprint density at radius 2 is 0.892 bits per heavy atom. The molecule has 0 heterocycles. The Labute approximate surface area is 227 Å². The number of halogens is 4. The summed E-state index contributed by atoms with van der Waals surface area (Å²) in [5.74, 6) is 1.79. The molecule has 0 N–H and O–H groups in total. The molecule has 3 aromatic rings. The van der Waals surface area contributed by atoms with Gasteiger partial charge in [-0.3, -0.25) is 0 Å². The van der Waals surface area contributed by atoms with Crippen molar-refractivity contribution in [2.24, 2.45) is 11.8 Å². The van der Waals surface area contributed by atoms with Gasteiger partial charge in [-0.05, 0) is 30.3 Å². The van der Waals surface area contributed by atoms with Gasteiger partial charge in [0, 0.05) is 59.6 Å². The first-order chi connectivity index (χ1) is 17.4. The molecule has 192 valence electrons. The first-order valence-electron chi connectivity index (χ1n) is 10.8. The van der Waals surface area contributed by atoms with Gasteiger partial charge in [0.2, 0.25) is 0 Å². The van der Waals surface area contributed by atoms with Crippen LogP contribution in [0.4, 0.5) is 17.3 Å². The van der Waals surface area contributed by atoms with E-state index in [-0.39, 0.29) is 17.1 Å². The van der Waals surface area contributed by atoms with Crippen LogP contribution < -0.4 is 15.9 Å². The van der Waals surface area contributed by atoms with Gasteiger partial charge in [-0.2, -0.15) is 0 Å². The summed E-state index contributed by atoms with van der Waals surface area (Å²) in [5, 5.41) is 4.19. The summed E-state index contributed by atoms with van der Waals surface area (Å²) < 4.78 is 54.0. The van der Waals surface area contributed by atoms with Gasteiger partial charge in [-0.15, -0.1) is 0 Å². The summed E-state index contributed by atoms with van der Waals surface area (Å²) in [5.41, 5.74) is 0. The Balaban J connectivity index is 0.000000597. The van der Waals surface area contributed by atoms with E-state index in [1.807, 2.05) is 0 Å². The minimum atomic E-state index is -6.00. The van der Waals surface area contributed by atoms with Crippen LogP contribution in [0.25, 0.3) is 0 Å². The summed E-state index contributed by atoms with van der Waals surface area (Å²) in [6.07, 6.45) is 12.4.